The Morgan fingerprint density at radius 2 is 2.00 bits per heavy atom. The molecular formula is C14H20N2O3. The van der Waals surface area contributed by atoms with Gasteiger partial charge in [0, 0.05) is 6.54 Å². The lowest BCUT2D eigenvalue weighted by Gasteiger charge is -2.22. The molecule has 0 bridgehead atoms. The van der Waals surface area contributed by atoms with Crippen molar-refractivity contribution in [1.82, 2.24) is 5.32 Å². The smallest absolute Gasteiger partial charge is 0.251 e. The van der Waals surface area contributed by atoms with Crippen LogP contribution in [-0.2, 0) is 27.2 Å². The monoisotopic (exact) mass is 264 g/mol. The van der Waals surface area contributed by atoms with Crippen molar-refractivity contribution in [2.24, 2.45) is 5.73 Å². The standard InChI is InChI=1S/C14H20N2O3/c15-6-5-11-1-3-12(4-2-11)9-16-14(17)13-10-18-7-8-19-13/h1-4,13H,5-10,15H2,(H,16,17). The molecule has 0 aliphatic carbocycles. The molecule has 1 aliphatic heterocycles. The molecule has 1 aromatic carbocycles. The summed E-state index contributed by atoms with van der Waals surface area (Å²) in [7, 11) is 0. The highest BCUT2D eigenvalue weighted by molar-refractivity contribution is 5.80. The number of rotatable bonds is 5. The Bertz CT molecular complexity index is 400. The molecule has 19 heavy (non-hydrogen) atoms. The second-order valence-electron chi connectivity index (χ2n) is 4.51. The molecule has 5 nitrogen and oxygen atoms in total. The normalized spacial score (nSPS) is 19.1. The third-order valence-corrected chi connectivity index (χ3v) is 3.03. The molecule has 0 aromatic heterocycles. The van der Waals surface area contributed by atoms with Gasteiger partial charge in [-0.2, -0.15) is 0 Å². The summed E-state index contributed by atoms with van der Waals surface area (Å²) < 4.78 is 10.5. The molecule has 1 unspecified atom stereocenters. The minimum absolute atomic E-state index is 0.120. The van der Waals surface area contributed by atoms with Crippen molar-refractivity contribution in [2.45, 2.75) is 19.1 Å². The van der Waals surface area contributed by atoms with Crippen LogP contribution in [-0.4, -0.2) is 38.4 Å². The maximum Gasteiger partial charge on any atom is 0.251 e. The zero-order valence-corrected chi connectivity index (χ0v) is 10.9. The van der Waals surface area contributed by atoms with Gasteiger partial charge >= 0.3 is 0 Å². The van der Waals surface area contributed by atoms with Crippen molar-refractivity contribution in [1.29, 1.82) is 0 Å². The van der Waals surface area contributed by atoms with Gasteiger partial charge in [-0.15, -0.1) is 0 Å². The molecule has 1 aliphatic rings. The van der Waals surface area contributed by atoms with E-state index in [1.807, 2.05) is 24.3 Å². The molecular weight excluding hydrogens is 244 g/mol. The molecule has 1 fully saturated rings. The van der Waals surface area contributed by atoms with Crippen LogP contribution < -0.4 is 11.1 Å². The summed E-state index contributed by atoms with van der Waals surface area (Å²) in [5, 5.41) is 2.85. The van der Waals surface area contributed by atoms with Gasteiger partial charge < -0.3 is 20.5 Å². The highest BCUT2D eigenvalue weighted by Crippen LogP contribution is 2.06. The predicted molar refractivity (Wildman–Crippen MR) is 71.6 cm³/mol. The second kappa shape index (κ2) is 7.23. The van der Waals surface area contributed by atoms with Gasteiger partial charge in [-0.05, 0) is 24.1 Å². The van der Waals surface area contributed by atoms with Crippen LogP contribution in [0.25, 0.3) is 0 Å². The van der Waals surface area contributed by atoms with Crippen LogP contribution in [0.5, 0.6) is 0 Å². The molecule has 3 N–H and O–H groups in total. The summed E-state index contributed by atoms with van der Waals surface area (Å²) in [4.78, 5) is 11.8. The van der Waals surface area contributed by atoms with E-state index in [-0.39, 0.29) is 5.91 Å². The van der Waals surface area contributed by atoms with Crippen molar-refractivity contribution in [3.05, 3.63) is 35.4 Å². The molecule has 104 valence electrons. The van der Waals surface area contributed by atoms with E-state index in [0.29, 0.717) is 32.9 Å². The zero-order valence-electron chi connectivity index (χ0n) is 10.9. The van der Waals surface area contributed by atoms with Crippen LogP contribution in [0.2, 0.25) is 0 Å². The van der Waals surface area contributed by atoms with E-state index in [2.05, 4.69) is 5.32 Å². The molecule has 1 atom stereocenters. The zero-order chi connectivity index (χ0) is 13.5. The number of hydrogen-bond donors (Lipinski definition) is 2. The van der Waals surface area contributed by atoms with Gasteiger partial charge in [-0.3, -0.25) is 4.79 Å². The van der Waals surface area contributed by atoms with Gasteiger partial charge in [0.15, 0.2) is 6.10 Å². The number of hydrogen-bond acceptors (Lipinski definition) is 4. The maximum absolute atomic E-state index is 11.8. The molecule has 1 heterocycles. The van der Waals surface area contributed by atoms with Crippen LogP contribution in [0.15, 0.2) is 24.3 Å². The highest BCUT2D eigenvalue weighted by Gasteiger charge is 2.21. The van der Waals surface area contributed by atoms with Crippen LogP contribution >= 0.6 is 0 Å². The number of carbonyl (C=O) groups excluding carboxylic acids is 1. The van der Waals surface area contributed by atoms with Crippen LogP contribution in [0.3, 0.4) is 0 Å². The third-order valence-electron chi connectivity index (χ3n) is 3.03. The summed E-state index contributed by atoms with van der Waals surface area (Å²) in [6, 6.07) is 8.08. The summed E-state index contributed by atoms with van der Waals surface area (Å²) >= 11 is 0. The Hall–Kier alpha value is -1.43. The molecule has 0 radical (unpaired) electrons. The average Bonchev–Trinajstić information content (AvgIpc) is 2.47. The fourth-order valence-corrected chi connectivity index (χ4v) is 1.93. The fourth-order valence-electron chi connectivity index (χ4n) is 1.93. The van der Waals surface area contributed by atoms with Gasteiger partial charge in [0.2, 0.25) is 0 Å². The van der Waals surface area contributed by atoms with Crippen molar-refractivity contribution in [3.63, 3.8) is 0 Å². The predicted octanol–water partition coefficient (Wildman–Crippen LogP) is 0.219. The van der Waals surface area contributed by atoms with Gasteiger partial charge in [0.1, 0.15) is 0 Å². The molecule has 1 amide bonds. The number of carbonyl (C=O) groups is 1. The molecule has 0 spiro atoms. The number of amides is 1. The topological polar surface area (TPSA) is 73.6 Å². The Morgan fingerprint density at radius 1 is 1.26 bits per heavy atom. The summed E-state index contributed by atoms with van der Waals surface area (Å²) in [5.74, 6) is -0.120. The lowest BCUT2D eigenvalue weighted by Crippen LogP contribution is -2.42. The lowest BCUT2D eigenvalue weighted by molar-refractivity contribution is -0.147. The van der Waals surface area contributed by atoms with Gasteiger partial charge in [-0.25, -0.2) is 0 Å². The van der Waals surface area contributed by atoms with Gasteiger partial charge in [0.25, 0.3) is 5.91 Å². The summed E-state index contributed by atoms with van der Waals surface area (Å²) in [6.45, 7) is 2.52. The Kier molecular flexibility index (Phi) is 5.32. The van der Waals surface area contributed by atoms with E-state index in [9.17, 15) is 4.79 Å². The van der Waals surface area contributed by atoms with E-state index in [4.69, 9.17) is 15.2 Å². The van der Waals surface area contributed by atoms with Crippen LogP contribution in [0.1, 0.15) is 11.1 Å². The van der Waals surface area contributed by atoms with Crippen molar-refractivity contribution >= 4 is 5.91 Å². The van der Waals surface area contributed by atoms with E-state index in [1.54, 1.807) is 0 Å². The molecule has 0 saturated carbocycles. The lowest BCUT2D eigenvalue weighted by atomic mass is 10.1. The minimum Gasteiger partial charge on any atom is -0.376 e. The second-order valence-corrected chi connectivity index (χ2v) is 4.51. The number of nitrogens with one attached hydrogen (secondary N) is 1. The van der Waals surface area contributed by atoms with Gasteiger partial charge in [0.05, 0.1) is 19.8 Å². The first kappa shape index (κ1) is 14.0. The SMILES string of the molecule is NCCc1ccc(CNC(=O)C2COCCO2)cc1. The quantitative estimate of drug-likeness (QED) is 0.798. The summed E-state index contributed by atoms with van der Waals surface area (Å²) in [5.41, 5.74) is 7.77. The van der Waals surface area contributed by atoms with Crippen LogP contribution in [0.4, 0.5) is 0 Å². The minimum atomic E-state index is -0.481. The van der Waals surface area contributed by atoms with Crippen LogP contribution in [0, 0.1) is 0 Å². The van der Waals surface area contributed by atoms with E-state index in [0.717, 1.165) is 12.0 Å². The molecule has 2 rings (SSSR count). The Morgan fingerprint density at radius 3 is 2.63 bits per heavy atom. The van der Waals surface area contributed by atoms with Crippen molar-refractivity contribution < 1.29 is 14.3 Å². The average molecular weight is 264 g/mol. The highest BCUT2D eigenvalue weighted by atomic mass is 16.6. The summed E-state index contributed by atoms with van der Waals surface area (Å²) in [6.07, 6.45) is 0.394. The van der Waals surface area contributed by atoms with Gasteiger partial charge in [-0.1, -0.05) is 24.3 Å². The largest absolute Gasteiger partial charge is 0.376 e. The maximum atomic E-state index is 11.8. The van der Waals surface area contributed by atoms with E-state index in [1.165, 1.54) is 5.56 Å². The molecule has 5 heteroatoms. The fraction of sp³-hybridized carbons (Fsp3) is 0.500. The molecule has 1 aromatic rings. The Balaban J connectivity index is 1.79. The van der Waals surface area contributed by atoms with E-state index >= 15 is 0 Å². The number of nitrogens with two attached hydrogens (primary N) is 1. The number of benzene rings is 1. The van der Waals surface area contributed by atoms with E-state index < -0.39 is 6.10 Å². The number of ether oxygens (including phenoxy) is 2. The first-order valence-corrected chi connectivity index (χ1v) is 6.54. The Labute approximate surface area is 113 Å². The first-order valence-electron chi connectivity index (χ1n) is 6.54. The van der Waals surface area contributed by atoms with Crippen molar-refractivity contribution in [3.8, 4) is 0 Å². The molecule has 1 saturated heterocycles. The first-order chi connectivity index (χ1) is 9.29. The van der Waals surface area contributed by atoms with Crippen molar-refractivity contribution in [2.75, 3.05) is 26.4 Å². The third kappa shape index (κ3) is 4.31.